The van der Waals surface area contributed by atoms with E-state index < -0.39 is 5.60 Å². The van der Waals surface area contributed by atoms with Gasteiger partial charge in [0, 0.05) is 17.8 Å². The van der Waals surface area contributed by atoms with Crippen molar-refractivity contribution in [2.45, 2.75) is 83.3 Å². The van der Waals surface area contributed by atoms with Gasteiger partial charge in [0.15, 0.2) is 11.4 Å². The average molecular weight is 475 g/mol. The summed E-state index contributed by atoms with van der Waals surface area (Å²) in [6.45, 7) is 4.84. The number of hydrogen-bond donors (Lipinski definition) is 1. The molecule has 0 bridgehead atoms. The van der Waals surface area contributed by atoms with E-state index in [0.717, 1.165) is 50.0 Å². The van der Waals surface area contributed by atoms with Gasteiger partial charge in [-0.3, -0.25) is 4.98 Å². The average Bonchev–Trinajstić information content (AvgIpc) is 3.35. The lowest BCUT2D eigenvalue weighted by Crippen LogP contribution is -2.52. The van der Waals surface area contributed by atoms with Gasteiger partial charge in [-0.1, -0.05) is 19.4 Å². The Hall–Kier alpha value is -2.54. The van der Waals surface area contributed by atoms with Crippen molar-refractivity contribution in [2.24, 2.45) is 28.6 Å². The zero-order chi connectivity index (χ0) is 24.0. The van der Waals surface area contributed by atoms with Crippen LogP contribution in [0.15, 0.2) is 30.4 Å². The smallest absolute Gasteiger partial charge is 0.338 e. The van der Waals surface area contributed by atoms with E-state index in [0.29, 0.717) is 30.6 Å². The van der Waals surface area contributed by atoms with E-state index in [1.165, 1.54) is 12.0 Å². The van der Waals surface area contributed by atoms with Gasteiger partial charge in [-0.25, -0.2) is 14.5 Å². The SMILES string of the molecule is CC12Cc3cnn(-c4cnccn4)c3C=C1CCC1C2CCC2(C)C(OC(=O)C3(O)CC3)CCC12. The number of allylic oxidation sites excluding steroid dienone is 1. The zero-order valence-corrected chi connectivity index (χ0v) is 20.6. The van der Waals surface area contributed by atoms with Gasteiger partial charge in [-0.15, -0.1) is 0 Å². The van der Waals surface area contributed by atoms with Gasteiger partial charge >= 0.3 is 5.97 Å². The monoisotopic (exact) mass is 474 g/mol. The van der Waals surface area contributed by atoms with Crippen LogP contribution < -0.4 is 0 Å². The Labute approximate surface area is 206 Å². The fourth-order valence-corrected chi connectivity index (χ4v) is 8.34. The summed E-state index contributed by atoms with van der Waals surface area (Å²) in [6.07, 6.45) is 18.3. The lowest BCUT2D eigenvalue weighted by Gasteiger charge is -2.57. The lowest BCUT2D eigenvalue weighted by atomic mass is 9.47. The molecule has 5 aliphatic carbocycles. The second kappa shape index (κ2) is 7.25. The van der Waals surface area contributed by atoms with Crippen LogP contribution in [0.4, 0.5) is 0 Å². The number of esters is 1. The molecule has 184 valence electrons. The Balaban J connectivity index is 1.16. The van der Waals surface area contributed by atoms with Crippen LogP contribution in [0.3, 0.4) is 0 Å². The van der Waals surface area contributed by atoms with Gasteiger partial charge in [0.25, 0.3) is 0 Å². The van der Waals surface area contributed by atoms with Crippen molar-refractivity contribution < 1.29 is 14.6 Å². The number of nitrogens with zero attached hydrogens (tertiary/aromatic N) is 4. The number of ether oxygens (including phenoxy) is 1. The van der Waals surface area contributed by atoms with E-state index in [1.807, 2.05) is 10.9 Å². The summed E-state index contributed by atoms with van der Waals surface area (Å²) in [5, 5.41) is 14.9. The first-order chi connectivity index (χ1) is 16.8. The van der Waals surface area contributed by atoms with Crippen LogP contribution in [-0.4, -0.2) is 42.5 Å². The Bertz CT molecular complexity index is 1220. The minimum atomic E-state index is -1.20. The van der Waals surface area contributed by atoms with Gasteiger partial charge in [-0.2, -0.15) is 5.10 Å². The molecule has 0 aliphatic heterocycles. The van der Waals surface area contributed by atoms with Crippen molar-refractivity contribution in [3.63, 3.8) is 0 Å². The van der Waals surface area contributed by atoms with Crippen molar-refractivity contribution in [3.05, 3.63) is 41.6 Å². The predicted molar refractivity (Wildman–Crippen MR) is 129 cm³/mol. The molecule has 0 radical (unpaired) electrons. The minimum absolute atomic E-state index is 0.0242. The molecule has 35 heavy (non-hydrogen) atoms. The summed E-state index contributed by atoms with van der Waals surface area (Å²) in [6, 6.07) is 0. The number of fused-ring (bicyclic) bond motifs is 6. The standard InChI is InChI=1S/C28H34N4O3/c1-26-8-7-21-19(20(26)5-6-23(26)35-25(33)28(34)9-10-28)4-3-18-13-22-17(14-27(18,21)2)15-31-32(22)24-16-29-11-12-30-24/h11-13,15-16,19-21,23,34H,3-10,14H2,1-2H3. The van der Waals surface area contributed by atoms with Crippen molar-refractivity contribution in [2.75, 3.05) is 0 Å². The highest BCUT2D eigenvalue weighted by atomic mass is 16.6. The molecule has 0 saturated heterocycles. The molecule has 1 N–H and O–H groups in total. The molecule has 5 aliphatic rings. The maximum Gasteiger partial charge on any atom is 0.338 e. The van der Waals surface area contributed by atoms with Gasteiger partial charge in [0.1, 0.15) is 6.10 Å². The van der Waals surface area contributed by atoms with Crippen LogP contribution in [0.2, 0.25) is 0 Å². The molecular formula is C28H34N4O3. The molecule has 7 nitrogen and oxygen atoms in total. The summed E-state index contributed by atoms with van der Waals surface area (Å²) in [5.74, 6) is 2.25. The summed E-state index contributed by atoms with van der Waals surface area (Å²) in [4.78, 5) is 21.2. The Kier molecular flexibility index (Phi) is 4.50. The highest BCUT2D eigenvalue weighted by Gasteiger charge is 2.61. The quantitative estimate of drug-likeness (QED) is 0.668. The molecule has 4 saturated carbocycles. The first-order valence-corrected chi connectivity index (χ1v) is 13.3. The van der Waals surface area contributed by atoms with Crippen LogP contribution >= 0.6 is 0 Å². The molecule has 6 atom stereocenters. The predicted octanol–water partition coefficient (Wildman–Crippen LogP) is 4.28. The van der Waals surface area contributed by atoms with Crippen LogP contribution in [0.5, 0.6) is 0 Å². The highest BCUT2D eigenvalue weighted by Crippen LogP contribution is 2.65. The molecule has 7 rings (SSSR count). The maximum absolute atomic E-state index is 12.5. The number of carbonyl (C=O) groups is 1. The van der Waals surface area contributed by atoms with Crippen molar-refractivity contribution in [1.82, 2.24) is 19.7 Å². The van der Waals surface area contributed by atoms with E-state index in [4.69, 9.17) is 4.74 Å². The van der Waals surface area contributed by atoms with Crippen LogP contribution in [0.25, 0.3) is 11.9 Å². The maximum atomic E-state index is 12.5. The normalized spacial score (nSPS) is 38.4. The molecule has 0 amide bonds. The van der Waals surface area contributed by atoms with E-state index in [9.17, 15) is 9.90 Å². The summed E-state index contributed by atoms with van der Waals surface area (Å²) in [7, 11) is 0. The van der Waals surface area contributed by atoms with E-state index >= 15 is 0 Å². The molecule has 7 heteroatoms. The van der Waals surface area contributed by atoms with Crippen LogP contribution in [-0.2, 0) is 16.0 Å². The molecular weight excluding hydrogens is 440 g/mol. The third-order valence-electron chi connectivity index (χ3n) is 10.5. The Morgan fingerprint density at radius 2 is 1.94 bits per heavy atom. The molecule has 0 aromatic carbocycles. The number of aliphatic hydroxyl groups is 1. The third-order valence-corrected chi connectivity index (χ3v) is 10.5. The topological polar surface area (TPSA) is 90.1 Å². The molecule has 2 aromatic rings. The van der Waals surface area contributed by atoms with E-state index in [1.54, 1.807) is 24.2 Å². The summed E-state index contributed by atoms with van der Waals surface area (Å²) < 4.78 is 7.92. The number of hydrogen-bond acceptors (Lipinski definition) is 6. The first-order valence-electron chi connectivity index (χ1n) is 13.3. The highest BCUT2D eigenvalue weighted by molar-refractivity contribution is 5.82. The van der Waals surface area contributed by atoms with E-state index in [2.05, 4.69) is 35.0 Å². The largest absolute Gasteiger partial charge is 0.460 e. The number of rotatable bonds is 3. The number of aromatic nitrogens is 4. The number of carbonyl (C=O) groups excluding carboxylic acids is 1. The van der Waals surface area contributed by atoms with Gasteiger partial charge in [-0.05, 0) is 92.6 Å². The van der Waals surface area contributed by atoms with Crippen LogP contribution in [0.1, 0.15) is 76.5 Å². The van der Waals surface area contributed by atoms with Gasteiger partial charge < -0.3 is 9.84 Å². The Morgan fingerprint density at radius 1 is 1.09 bits per heavy atom. The van der Waals surface area contributed by atoms with Crippen molar-refractivity contribution >= 4 is 12.0 Å². The van der Waals surface area contributed by atoms with Gasteiger partial charge in [0.05, 0.1) is 18.1 Å². The second-order valence-corrected chi connectivity index (χ2v) is 12.3. The lowest BCUT2D eigenvalue weighted by molar-refractivity contribution is -0.171. The molecule has 6 unspecified atom stereocenters. The molecule has 2 heterocycles. The summed E-state index contributed by atoms with van der Waals surface area (Å²) >= 11 is 0. The summed E-state index contributed by atoms with van der Waals surface area (Å²) in [5.41, 5.74) is 2.98. The van der Waals surface area contributed by atoms with Crippen LogP contribution in [0, 0.1) is 28.6 Å². The second-order valence-electron chi connectivity index (χ2n) is 12.3. The molecule has 0 spiro atoms. The minimum Gasteiger partial charge on any atom is -0.460 e. The fourth-order valence-electron chi connectivity index (χ4n) is 8.34. The molecule has 2 aromatic heterocycles. The van der Waals surface area contributed by atoms with E-state index in [-0.39, 0.29) is 22.9 Å². The van der Waals surface area contributed by atoms with Crippen molar-refractivity contribution in [3.8, 4) is 5.82 Å². The van der Waals surface area contributed by atoms with Gasteiger partial charge in [0.2, 0.25) is 0 Å². The fraction of sp³-hybridized carbons (Fsp3) is 0.643. The third kappa shape index (κ3) is 3.06. The van der Waals surface area contributed by atoms with Crippen molar-refractivity contribution in [1.29, 1.82) is 0 Å². The zero-order valence-electron chi connectivity index (χ0n) is 20.6. The first kappa shape index (κ1) is 21.7. The molecule has 4 fully saturated rings. The Morgan fingerprint density at radius 3 is 2.71 bits per heavy atom.